The maximum absolute atomic E-state index is 10.7. The van der Waals surface area contributed by atoms with Gasteiger partial charge in [-0.3, -0.25) is 0 Å². The highest BCUT2D eigenvalue weighted by molar-refractivity contribution is 6.33. The molecule has 0 aliphatic carbocycles. The molecular formula is C10H9ClO3. The molecule has 74 valence electrons. The van der Waals surface area contributed by atoms with Crippen LogP contribution in [0.1, 0.15) is 15.9 Å². The van der Waals surface area contributed by atoms with Crippen LogP contribution in [-0.2, 0) is 0 Å². The number of aliphatic hydroxyl groups excluding tert-OH is 1. The van der Waals surface area contributed by atoms with Gasteiger partial charge in [0.15, 0.2) is 0 Å². The monoisotopic (exact) mass is 212 g/mol. The molecule has 3 nitrogen and oxygen atoms in total. The highest BCUT2D eigenvalue weighted by atomic mass is 35.5. The standard InChI is InChI=1S/C10H9ClO3/c11-9-4-3-7(2-1-5-12)6-8(9)10(13)14/h1-4,6,12H,5H2,(H,13,14). The zero-order valence-electron chi connectivity index (χ0n) is 7.27. The van der Waals surface area contributed by atoms with Gasteiger partial charge in [0.2, 0.25) is 0 Å². The topological polar surface area (TPSA) is 57.5 Å². The molecule has 0 amide bonds. The van der Waals surface area contributed by atoms with Gasteiger partial charge in [-0.1, -0.05) is 29.8 Å². The minimum atomic E-state index is -1.06. The van der Waals surface area contributed by atoms with Crippen molar-refractivity contribution in [3.63, 3.8) is 0 Å². The molecule has 0 saturated heterocycles. The lowest BCUT2D eigenvalue weighted by Gasteiger charge is -1.99. The summed E-state index contributed by atoms with van der Waals surface area (Å²) in [6, 6.07) is 4.65. The third-order valence-electron chi connectivity index (χ3n) is 1.64. The van der Waals surface area contributed by atoms with Crippen molar-refractivity contribution in [2.45, 2.75) is 0 Å². The number of hydrogen-bond donors (Lipinski definition) is 2. The number of hydrogen-bond acceptors (Lipinski definition) is 2. The third-order valence-corrected chi connectivity index (χ3v) is 1.97. The van der Waals surface area contributed by atoms with E-state index in [0.29, 0.717) is 5.56 Å². The second-order valence-corrected chi connectivity index (χ2v) is 3.04. The Balaban J connectivity index is 3.06. The van der Waals surface area contributed by atoms with Crippen LogP contribution in [-0.4, -0.2) is 22.8 Å². The summed E-state index contributed by atoms with van der Waals surface area (Å²) in [5.74, 6) is -1.06. The smallest absolute Gasteiger partial charge is 0.337 e. The van der Waals surface area contributed by atoms with Gasteiger partial charge >= 0.3 is 5.97 Å². The number of halogens is 1. The molecule has 0 radical (unpaired) electrons. The van der Waals surface area contributed by atoms with E-state index in [1.165, 1.54) is 18.2 Å². The molecule has 0 unspecified atom stereocenters. The number of rotatable bonds is 3. The molecule has 0 atom stereocenters. The van der Waals surface area contributed by atoms with Crippen molar-refractivity contribution in [3.05, 3.63) is 40.4 Å². The zero-order chi connectivity index (χ0) is 10.6. The molecule has 1 rings (SSSR count). The van der Waals surface area contributed by atoms with E-state index in [4.69, 9.17) is 21.8 Å². The molecule has 0 heterocycles. The fraction of sp³-hybridized carbons (Fsp3) is 0.100. The number of benzene rings is 1. The van der Waals surface area contributed by atoms with E-state index in [2.05, 4.69) is 0 Å². The van der Waals surface area contributed by atoms with Crippen LogP contribution in [0.2, 0.25) is 5.02 Å². The first-order valence-electron chi connectivity index (χ1n) is 3.95. The molecule has 0 aromatic heterocycles. The molecule has 14 heavy (non-hydrogen) atoms. The van der Waals surface area contributed by atoms with Gasteiger partial charge in [-0.2, -0.15) is 0 Å². The minimum Gasteiger partial charge on any atom is -0.478 e. The average molecular weight is 213 g/mol. The van der Waals surface area contributed by atoms with Gasteiger partial charge in [-0.15, -0.1) is 0 Å². The maximum Gasteiger partial charge on any atom is 0.337 e. The lowest BCUT2D eigenvalue weighted by atomic mass is 10.1. The van der Waals surface area contributed by atoms with Crippen LogP contribution >= 0.6 is 11.6 Å². The summed E-state index contributed by atoms with van der Waals surface area (Å²) in [4.78, 5) is 10.7. The van der Waals surface area contributed by atoms with Crippen LogP contribution in [0, 0.1) is 0 Å². The van der Waals surface area contributed by atoms with Crippen LogP contribution in [0.4, 0.5) is 0 Å². The van der Waals surface area contributed by atoms with Crippen molar-refractivity contribution < 1.29 is 15.0 Å². The molecule has 0 aliphatic heterocycles. The van der Waals surface area contributed by atoms with Crippen molar-refractivity contribution in [2.24, 2.45) is 0 Å². The Kier molecular flexibility index (Phi) is 3.68. The van der Waals surface area contributed by atoms with Crippen LogP contribution in [0.3, 0.4) is 0 Å². The predicted molar refractivity (Wildman–Crippen MR) is 54.5 cm³/mol. The van der Waals surface area contributed by atoms with Gasteiger partial charge in [0.05, 0.1) is 17.2 Å². The number of aromatic carboxylic acids is 1. The van der Waals surface area contributed by atoms with Crippen molar-refractivity contribution in [3.8, 4) is 0 Å². The Morgan fingerprint density at radius 2 is 2.21 bits per heavy atom. The Morgan fingerprint density at radius 3 is 2.79 bits per heavy atom. The van der Waals surface area contributed by atoms with Crippen molar-refractivity contribution in [1.29, 1.82) is 0 Å². The summed E-state index contributed by atoms with van der Waals surface area (Å²) < 4.78 is 0. The minimum absolute atomic E-state index is 0.0618. The van der Waals surface area contributed by atoms with Gasteiger partial charge in [0, 0.05) is 0 Å². The Bertz CT molecular complexity index is 372. The number of aliphatic hydroxyl groups is 1. The molecular weight excluding hydrogens is 204 g/mol. The largest absolute Gasteiger partial charge is 0.478 e. The first-order chi connectivity index (χ1) is 6.65. The highest BCUT2D eigenvalue weighted by Crippen LogP contribution is 2.18. The summed E-state index contributed by atoms with van der Waals surface area (Å²) in [7, 11) is 0. The summed E-state index contributed by atoms with van der Waals surface area (Å²) in [5, 5.41) is 17.5. The number of carbonyl (C=O) groups is 1. The van der Waals surface area contributed by atoms with Gasteiger partial charge < -0.3 is 10.2 Å². The number of carboxylic acids is 1. The van der Waals surface area contributed by atoms with Crippen molar-refractivity contribution >= 4 is 23.6 Å². The lowest BCUT2D eigenvalue weighted by molar-refractivity contribution is 0.0697. The quantitative estimate of drug-likeness (QED) is 0.806. The normalized spacial score (nSPS) is 10.7. The van der Waals surface area contributed by atoms with E-state index in [9.17, 15) is 4.79 Å². The molecule has 0 spiro atoms. The first kappa shape index (κ1) is 10.8. The van der Waals surface area contributed by atoms with Gasteiger partial charge in [0.1, 0.15) is 0 Å². The first-order valence-corrected chi connectivity index (χ1v) is 4.33. The molecule has 0 saturated carbocycles. The van der Waals surface area contributed by atoms with Crippen LogP contribution in [0.25, 0.3) is 6.08 Å². The Labute approximate surface area is 86.3 Å². The average Bonchev–Trinajstić information content (AvgIpc) is 2.16. The zero-order valence-corrected chi connectivity index (χ0v) is 8.03. The SMILES string of the molecule is O=C(O)c1cc(C=CCO)ccc1Cl. The maximum atomic E-state index is 10.7. The Hall–Kier alpha value is -1.32. The third kappa shape index (κ3) is 2.58. The van der Waals surface area contributed by atoms with E-state index in [1.54, 1.807) is 12.1 Å². The molecule has 4 heteroatoms. The van der Waals surface area contributed by atoms with E-state index in [-0.39, 0.29) is 17.2 Å². The molecule has 0 fully saturated rings. The van der Waals surface area contributed by atoms with E-state index < -0.39 is 5.97 Å². The summed E-state index contributed by atoms with van der Waals surface area (Å²) in [6.07, 6.45) is 3.15. The predicted octanol–water partition coefficient (Wildman–Crippen LogP) is 2.04. The lowest BCUT2D eigenvalue weighted by Crippen LogP contribution is -1.97. The molecule has 1 aromatic rings. The molecule has 0 bridgehead atoms. The fourth-order valence-electron chi connectivity index (χ4n) is 0.999. The van der Waals surface area contributed by atoms with E-state index >= 15 is 0 Å². The highest BCUT2D eigenvalue weighted by Gasteiger charge is 2.07. The Morgan fingerprint density at radius 1 is 1.50 bits per heavy atom. The van der Waals surface area contributed by atoms with Crippen molar-refractivity contribution in [2.75, 3.05) is 6.61 Å². The number of carboxylic acid groups (broad SMARTS) is 1. The molecule has 0 aliphatic rings. The fourth-order valence-corrected chi connectivity index (χ4v) is 1.20. The summed E-state index contributed by atoms with van der Waals surface area (Å²) in [6.45, 7) is -0.0783. The second kappa shape index (κ2) is 4.79. The molecule has 2 N–H and O–H groups in total. The summed E-state index contributed by atoms with van der Waals surface area (Å²) in [5.41, 5.74) is 0.757. The van der Waals surface area contributed by atoms with Crippen LogP contribution < -0.4 is 0 Å². The van der Waals surface area contributed by atoms with Crippen LogP contribution in [0.15, 0.2) is 24.3 Å². The van der Waals surface area contributed by atoms with E-state index in [0.717, 1.165) is 0 Å². The van der Waals surface area contributed by atoms with E-state index in [1.807, 2.05) is 0 Å². The van der Waals surface area contributed by atoms with Crippen molar-refractivity contribution in [1.82, 2.24) is 0 Å². The van der Waals surface area contributed by atoms with Crippen LogP contribution in [0.5, 0.6) is 0 Å². The summed E-state index contributed by atoms with van der Waals surface area (Å²) >= 11 is 5.67. The molecule has 1 aromatic carbocycles. The second-order valence-electron chi connectivity index (χ2n) is 2.63. The van der Waals surface area contributed by atoms with Gasteiger partial charge in [-0.05, 0) is 17.7 Å². The van der Waals surface area contributed by atoms with Gasteiger partial charge in [0.25, 0.3) is 0 Å². The van der Waals surface area contributed by atoms with Gasteiger partial charge in [-0.25, -0.2) is 4.79 Å².